The van der Waals surface area contributed by atoms with Crippen LogP contribution < -0.4 is 9.84 Å². The zero-order chi connectivity index (χ0) is 32.8. The lowest BCUT2D eigenvalue weighted by Crippen LogP contribution is -2.27. The average molecular weight is 663 g/mol. The van der Waals surface area contributed by atoms with E-state index in [1.54, 1.807) is 24.0 Å². The molecule has 0 fully saturated rings. The van der Waals surface area contributed by atoms with Crippen molar-refractivity contribution < 1.29 is 28.7 Å². The van der Waals surface area contributed by atoms with Gasteiger partial charge in [-0.25, -0.2) is 9.97 Å². The van der Waals surface area contributed by atoms with Gasteiger partial charge in [0.2, 0.25) is 12.5 Å². The van der Waals surface area contributed by atoms with Gasteiger partial charge in [0.1, 0.15) is 18.6 Å². The minimum absolute atomic E-state index is 0.0434. The van der Waals surface area contributed by atoms with Gasteiger partial charge in [-0.2, -0.15) is 16.3 Å². The third-order valence-electron chi connectivity index (χ3n) is 8.01. The predicted octanol–water partition coefficient (Wildman–Crippen LogP) is 6.61. The van der Waals surface area contributed by atoms with Gasteiger partial charge in [-0.3, -0.25) is 0 Å². The van der Waals surface area contributed by atoms with Crippen molar-refractivity contribution in [1.82, 2.24) is 14.9 Å². The van der Waals surface area contributed by atoms with Crippen LogP contribution in [0.4, 0.5) is 0 Å². The van der Waals surface area contributed by atoms with Crippen molar-refractivity contribution in [1.29, 1.82) is 0 Å². The summed E-state index contributed by atoms with van der Waals surface area (Å²) in [7, 11) is 0. The maximum Gasteiger partial charge on any atom is 0.223 e. The first-order valence-corrected chi connectivity index (χ1v) is 19.2. The molecule has 0 amide bonds. The van der Waals surface area contributed by atoms with Crippen LogP contribution in [0.3, 0.4) is 0 Å². The van der Waals surface area contributed by atoms with Gasteiger partial charge in [0, 0.05) is 49.3 Å². The number of carboxylic acid groups (broad SMARTS) is 1. The summed E-state index contributed by atoms with van der Waals surface area (Å²) >= 11 is 1.80. The summed E-state index contributed by atoms with van der Waals surface area (Å²) in [6.45, 7) is 6.42. The molecular formula is C36H62N4O5S. The third-order valence-corrected chi connectivity index (χ3v) is 9.08. The Labute approximate surface area is 283 Å². The van der Waals surface area contributed by atoms with E-state index >= 15 is 0 Å². The lowest BCUT2D eigenvalue weighted by Gasteiger charge is -2.18. The van der Waals surface area contributed by atoms with Crippen molar-refractivity contribution in [2.75, 3.05) is 51.1 Å². The van der Waals surface area contributed by atoms with E-state index in [0.717, 1.165) is 31.1 Å². The zero-order valence-electron chi connectivity index (χ0n) is 28.7. The van der Waals surface area contributed by atoms with Gasteiger partial charge < -0.3 is 29.0 Å². The van der Waals surface area contributed by atoms with E-state index in [9.17, 15) is 9.90 Å². The number of unbranched alkanes of at least 4 members (excludes halogenated alkanes) is 15. The van der Waals surface area contributed by atoms with Crippen LogP contribution >= 0.6 is 11.8 Å². The first-order valence-electron chi connectivity index (χ1n) is 18.0. The summed E-state index contributed by atoms with van der Waals surface area (Å²) in [5.74, 6) is 1.24. The number of nitrogens with zero attached hydrogens (tertiary/aromatic N) is 4. The first-order chi connectivity index (χ1) is 22.7. The van der Waals surface area contributed by atoms with E-state index in [0.29, 0.717) is 38.8 Å². The molecule has 1 aromatic heterocycles. The van der Waals surface area contributed by atoms with Gasteiger partial charge in [0.15, 0.2) is 6.20 Å². The first kappa shape index (κ1) is 40.0. The van der Waals surface area contributed by atoms with Gasteiger partial charge in [-0.15, -0.1) is 0 Å². The summed E-state index contributed by atoms with van der Waals surface area (Å²) in [6, 6.07) is 1.78. The normalized spacial score (nSPS) is 14.4. The van der Waals surface area contributed by atoms with Gasteiger partial charge in [0.05, 0.1) is 26.0 Å². The van der Waals surface area contributed by atoms with Gasteiger partial charge in [0.25, 0.3) is 0 Å². The van der Waals surface area contributed by atoms with Crippen molar-refractivity contribution in [3.63, 3.8) is 0 Å². The molecule has 0 bridgehead atoms. The molecule has 1 unspecified atom stereocenters. The van der Waals surface area contributed by atoms with Gasteiger partial charge in [-0.1, -0.05) is 103 Å². The summed E-state index contributed by atoms with van der Waals surface area (Å²) < 4.78 is 19.9. The number of aromatic nitrogens is 2. The lowest BCUT2D eigenvalue weighted by atomic mass is 10.0. The Bertz CT molecular complexity index is 921. The Morgan fingerprint density at radius 2 is 1.63 bits per heavy atom. The molecule has 46 heavy (non-hydrogen) atoms. The SMILES string of the molecule is CCCCCCCCCCCCCCCCCCOCC(CSCCOCCN1C=C[N+](=CCCC(=O)[O-])C1)Oc1ccncn1. The fraction of sp³-hybridized carbons (Fsp3) is 0.778. The highest BCUT2D eigenvalue weighted by molar-refractivity contribution is 7.99. The molecule has 0 saturated carbocycles. The summed E-state index contributed by atoms with van der Waals surface area (Å²) in [5.41, 5.74) is 0. The largest absolute Gasteiger partial charge is 0.550 e. The monoisotopic (exact) mass is 662 g/mol. The summed E-state index contributed by atoms with van der Waals surface area (Å²) in [5, 5.41) is 10.6. The van der Waals surface area contributed by atoms with Crippen LogP contribution in [0.5, 0.6) is 5.88 Å². The van der Waals surface area contributed by atoms with Crippen LogP contribution in [-0.2, 0) is 14.3 Å². The van der Waals surface area contributed by atoms with Crippen molar-refractivity contribution in [3.8, 4) is 5.88 Å². The maximum absolute atomic E-state index is 10.6. The van der Waals surface area contributed by atoms with Crippen molar-refractivity contribution >= 4 is 23.9 Å². The number of carboxylic acids is 1. The Morgan fingerprint density at radius 1 is 0.957 bits per heavy atom. The third kappa shape index (κ3) is 23.2. The van der Waals surface area contributed by atoms with Crippen LogP contribution in [0.2, 0.25) is 0 Å². The van der Waals surface area contributed by atoms with Crippen LogP contribution in [0.25, 0.3) is 0 Å². The number of hydrogen-bond acceptors (Lipinski definition) is 9. The van der Waals surface area contributed by atoms with E-state index in [-0.39, 0.29) is 12.5 Å². The fourth-order valence-corrected chi connectivity index (χ4v) is 6.14. The molecule has 1 aromatic rings. The van der Waals surface area contributed by atoms with Crippen LogP contribution in [0, 0.1) is 0 Å². The van der Waals surface area contributed by atoms with Crippen LogP contribution in [-0.4, -0.2) is 88.9 Å². The molecule has 2 rings (SSSR count). The van der Waals surface area contributed by atoms with Crippen LogP contribution in [0.1, 0.15) is 122 Å². The molecule has 2 heterocycles. The number of carbonyl (C=O) groups excluding carboxylic acids is 1. The quantitative estimate of drug-likeness (QED) is 0.0623. The minimum atomic E-state index is -1.02. The van der Waals surface area contributed by atoms with Gasteiger partial charge >= 0.3 is 0 Å². The molecule has 0 radical (unpaired) electrons. The summed E-state index contributed by atoms with van der Waals surface area (Å²) in [4.78, 5) is 20.9. The Morgan fingerprint density at radius 3 is 2.26 bits per heavy atom. The number of hydrogen-bond donors (Lipinski definition) is 0. The standard InChI is InChI=1S/C36H62N4O5S/c1-2-3-4-5-6-7-8-9-10-11-12-13-14-15-16-17-26-44-30-34(45-35-20-21-37-32-38-35)31-46-29-28-43-27-25-40-24-23-39(33-40)22-18-19-36(41)42/h20-24,32,34H,2-19,25-31,33H2,1H3. The van der Waals surface area contributed by atoms with E-state index in [1.165, 1.54) is 103 Å². The molecule has 9 nitrogen and oxygen atoms in total. The molecule has 1 aliphatic rings. The molecule has 262 valence electrons. The van der Waals surface area contributed by atoms with Gasteiger partial charge in [-0.05, 0) is 12.8 Å². The van der Waals surface area contributed by atoms with Crippen molar-refractivity contribution in [3.05, 3.63) is 31.0 Å². The molecule has 0 N–H and O–H groups in total. The topological polar surface area (TPSA) is 99.9 Å². The maximum atomic E-state index is 10.6. The van der Waals surface area contributed by atoms with Crippen molar-refractivity contribution in [2.45, 2.75) is 129 Å². The van der Waals surface area contributed by atoms with E-state index < -0.39 is 5.97 Å². The molecule has 10 heteroatoms. The minimum Gasteiger partial charge on any atom is -0.550 e. The average Bonchev–Trinajstić information content (AvgIpc) is 3.51. The second-order valence-corrected chi connectivity index (χ2v) is 13.4. The second-order valence-electron chi connectivity index (χ2n) is 12.2. The highest BCUT2D eigenvalue weighted by Gasteiger charge is 2.15. The molecule has 0 aromatic carbocycles. The molecule has 0 saturated heterocycles. The lowest BCUT2D eigenvalue weighted by molar-refractivity contribution is -0.460. The van der Waals surface area contributed by atoms with Crippen molar-refractivity contribution in [2.24, 2.45) is 0 Å². The molecule has 1 atom stereocenters. The predicted molar refractivity (Wildman–Crippen MR) is 186 cm³/mol. The number of aliphatic carboxylic acids is 1. The van der Waals surface area contributed by atoms with E-state index in [4.69, 9.17) is 14.2 Å². The summed E-state index contributed by atoms with van der Waals surface area (Å²) in [6.07, 6.45) is 31.4. The molecule has 0 aliphatic carbocycles. The zero-order valence-corrected chi connectivity index (χ0v) is 29.5. The van der Waals surface area contributed by atoms with E-state index in [2.05, 4.69) is 21.8 Å². The van der Waals surface area contributed by atoms with Crippen LogP contribution in [0.15, 0.2) is 31.0 Å². The smallest absolute Gasteiger partial charge is 0.223 e. The molecular weight excluding hydrogens is 600 g/mol. The highest BCUT2D eigenvalue weighted by atomic mass is 32.2. The molecule has 0 spiro atoms. The Kier molecular flexibility index (Phi) is 25.2. The number of carbonyl (C=O) groups is 1. The highest BCUT2D eigenvalue weighted by Crippen LogP contribution is 2.15. The second kappa shape index (κ2) is 29.0. The number of rotatable bonds is 32. The fourth-order valence-electron chi connectivity index (χ4n) is 5.31. The number of thioether (sulfide) groups is 1. The van der Waals surface area contributed by atoms with E-state index in [1.807, 2.05) is 23.2 Å². The Balaban J connectivity index is 1.44. The number of ether oxygens (including phenoxy) is 3. The molecule has 1 aliphatic heterocycles. The Hall–Kier alpha value is -2.17.